The summed E-state index contributed by atoms with van der Waals surface area (Å²) in [5.41, 5.74) is 8.39. The average molecular weight is 400 g/mol. The molecule has 1 saturated carbocycles. The van der Waals surface area contributed by atoms with Crippen LogP contribution in [0, 0.1) is 3.57 Å². The molecular weight excluding hydrogens is 385 g/mol. The van der Waals surface area contributed by atoms with Gasteiger partial charge in [-0.1, -0.05) is 29.8 Å². The number of rotatable bonds is 4. The predicted octanol–water partition coefficient (Wildman–Crippen LogP) is 4.53. The highest BCUT2D eigenvalue weighted by atomic mass is 127. The zero-order valence-electron chi connectivity index (χ0n) is 10.9. The summed E-state index contributed by atoms with van der Waals surface area (Å²) in [6.45, 7) is 0. The summed E-state index contributed by atoms with van der Waals surface area (Å²) >= 11 is 8.38. The molecular formula is C16H15ClINO. The largest absolute Gasteiger partial charge is 0.490 e. The third kappa shape index (κ3) is 3.27. The third-order valence-electron chi connectivity index (χ3n) is 3.35. The highest BCUT2D eigenvalue weighted by Crippen LogP contribution is 2.30. The summed E-state index contributed by atoms with van der Waals surface area (Å²) in [7, 11) is 0. The molecule has 104 valence electrons. The van der Waals surface area contributed by atoms with Gasteiger partial charge in [0.25, 0.3) is 0 Å². The minimum absolute atomic E-state index is 0.188. The Balaban J connectivity index is 1.84. The number of hydrogen-bond acceptors (Lipinski definition) is 2. The Morgan fingerprint density at radius 1 is 1.15 bits per heavy atom. The zero-order valence-corrected chi connectivity index (χ0v) is 13.8. The highest BCUT2D eigenvalue weighted by Gasteiger charge is 2.23. The first-order chi connectivity index (χ1) is 9.63. The van der Waals surface area contributed by atoms with Gasteiger partial charge in [0.2, 0.25) is 0 Å². The normalized spacial score (nSPS) is 15.9. The highest BCUT2D eigenvalue weighted by molar-refractivity contribution is 14.1. The van der Waals surface area contributed by atoms with Gasteiger partial charge in [-0.3, -0.25) is 0 Å². The fourth-order valence-electron chi connectivity index (χ4n) is 2.06. The predicted molar refractivity (Wildman–Crippen MR) is 90.3 cm³/mol. The maximum Gasteiger partial charge on any atom is 0.120 e. The van der Waals surface area contributed by atoms with Crippen LogP contribution in [-0.2, 0) is 0 Å². The van der Waals surface area contributed by atoms with Crippen LogP contribution in [0.2, 0.25) is 5.02 Å². The van der Waals surface area contributed by atoms with E-state index in [9.17, 15) is 0 Å². The summed E-state index contributed by atoms with van der Waals surface area (Å²) < 4.78 is 6.85. The van der Waals surface area contributed by atoms with Crippen molar-refractivity contribution in [1.82, 2.24) is 0 Å². The van der Waals surface area contributed by atoms with Crippen LogP contribution in [0.5, 0.6) is 5.75 Å². The second kappa shape index (κ2) is 5.92. The molecule has 1 fully saturated rings. The molecule has 0 aliphatic heterocycles. The van der Waals surface area contributed by atoms with Crippen molar-refractivity contribution in [2.24, 2.45) is 5.73 Å². The van der Waals surface area contributed by atoms with E-state index in [2.05, 4.69) is 22.6 Å². The average Bonchev–Trinajstić information content (AvgIpc) is 3.25. The van der Waals surface area contributed by atoms with Crippen LogP contribution in [0.25, 0.3) is 0 Å². The van der Waals surface area contributed by atoms with Gasteiger partial charge in [0.1, 0.15) is 5.75 Å². The molecule has 0 radical (unpaired) electrons. The van der Waals surface area contributed by atoms with Crippen LogP contribution < -0.4 is 10.5 Å². The molecule has 0 saturated heterocycles. The lowest BCUT2D eigenvalue weighted by molar-refractivity contribution is 0.303. The summed E-state index contributed by atoms with van der Waals surface area (Å²) in [5.74, 6) is 0.900. The number of halogens is 2. The van der Waals surface area contributed by atoms with Gasteiger partial charge in [-0.15, -0.1) is 0 Å². The SMILES string of the molecule is NC(c1cccc(OC2CC2)c1)c1ccc(I)c(Cl)c1. The summed E-state index contributed by atoms with van der Waals surface area (Å²) in [5, 5.41) is 0.740. The lowest BCUT2D eigenvalue weighted by atomic mass is 9.99. The first kappa shape index (κ1) is 14.2. The van der Waals surface area contributed by atoms with E-state index >= 15 is 0 Å². The Morgan fingerprint density at radius 3 is 2.60 bits per heavy atom. The van der Waals surface area contributed by atoms with Crippen LogP contribution >= 0.6 is 34.2 Å². The van der Waals surface area contributed by atoms with Crippen molar-refractivity contribution < 1.29 is 4.74 Å². The van der Waals surface area contributed by atoms with Gasteiger partial charge in [-0.25, -0.2) is 0 Å². The van der Waals surface area contributed by atoms with E-state index in [0.29, 0.717) is 6.10 Å². The van der Waals surface area contributed by atoms with Crippen LogP contribution in [0.4, 0.5) is 0 Å². The minimum atomic E-state index is -0.188. The molecule has 4 heteroatoms. The van der Waals surface area contributed by atoms with Crippen LogP contribution in [0.1, 0.15) is 30.0 Å². The Kier molecular flexibility index (Phi) is 4.19. The molecule has 20 heavy (non-hydrogen) atoms. The standard InChI is InChI=1S/C16H15ClINO/c17-14-9-11(4-7-15(14)18)16(19)10-2-1-3-13(8-10)20-12-5-6-12/h1-4,7-9,12,16H,5-6,19H2. The van der Waals surface area contributed by atoms with Gasteiger partial charge in [-0.2, -0.15) is 0 Å². The quantitative estimate of drug-likeness (QED) is 0.767. The molecule has 2 nitrogen and oxygen atoms in total. The van der Waals surface area contributed by atoms with Gasteiger partial charge in [0.15, 0.2) is 0 Å². The molecule has 2 aromatic rings. The zero-order chi connectivity index (χ0) is 14.1. The van der Waals surface area contributed by atoms with Crippen molar-refractivity contribution >= 4 is 34.2 Å². The lowest BCUT2D eigenvalue weighted by Crippen LogP contribution is -2.12. The smallest absolute Gasteiger partial charge is 0.120 e. The number of benzene rings is 2. The van der Waals surface area contributed by atoms with Gasteiger partial charge in [-0.05, 0) is 70.8 Å². The molecule has 1 aliphatic carbocycles. The Labute approximate surface area is 137 Å². The molecule has 2 N–H and O–H groups in total. The Bertz CT molecular complexity index is 628. The minimum Gasteiger partial charge on any atom is -0.490 e. The lowest BCUT2D eigenvalue weighted by Gasteiger charge is -2.15. The van der Waals surface area contributed by atoms with E-state index in [1.54, 1.807) is 0 Å². The first-order valence-corrected chi connectivity index (χ1v) is 8.06. The monoisotopic (exact) mass is 399 g/mol. The van der Waals surface area contributed by atoms with Gasteiger partial charge >= 0.3 is 0 Å². The molecule has 0 aromatic heterocycles. The van der Waals surface area contributed by atoms with E-state index < -0.39 is 0 Å². The first-order valence-electron chi connectivity index (χ1n) is 6.60. The fourth-order valence-corrected chi connectivity index (χ4v) is 2.58. The van der Waals surface area contributed by atoms with Crippen molar-refractivity contribution in [1.29, 1.82) is 0 Å². The topological polar surface area (TPSA) is 35.2 Å². The van der Waals surface area contributed by atoms with E-state index in [1.807, 2.05) is 42.5 Å². The molecule has 0 amide bonds. The summed E-state index contributed by atoms with van der Waals surface area (Å²) in [6.07, 6.45) is 2.71. The third-order valence-corrected chi connectivity index (χ3v) is 4.92. The molecule has 0 spiro atoms. The van der Waals surface area contributed by atoms with Crippen molar-refractivity contribution in [2.45, 2.75) is 25.0 Å². The van der Waals surface area contributed by atoms with E-state index in [0.717, 1.165) is 38.3 Å². The van der Waals surface area contributed by atoms with Gasteiger partial charge < -0.3 is 10.5 Å². The number of nitrogens with two attached hydrogens (primary N) is 1. The van der Waals surface area contributed by atoms with E-state index in [4.69, 9.17) is 22.1 Å². The van der Waals surface area contributed by atoms with Gasteiger partial charge in [0.05, 0.1) is 17.2 Å². The van der Waals surface area contributed by atoms with Crippen LogP contribution in [0.15, 0.2) is 42.5 Å². The van der Waals surface area contributed by atoms with Crippen LogP contribution in [-0.4, -0.2) is 6.10 Å². The molecule has 1 atom stereocenters. The summed E-state index contributed by atoms with van der Waals surface area (Å²) in [4.78, 5) is 0. The van der Waals surface area contributed by atoms with E-state index in [-0.39, 0.29) is 6.04 Å². The number of hydrogen-bond donors (Lipinski definition) is 1. The number of ether oxygens (including phenoxy) is 1. The molecule has 2 aromatic carbocycles. The maximum absolute atomic E-state index is 6.33. The second-order valence-electron chi connectivity index (χ2n) is 5.04. The molecule has 0 bridgehead atoms. The molecule has 1 unspecified atom stereocenters. The molecule has 0 heterocycles. The van der Waals surface area contributed by atoms with Crippen molar-refractivity contribution in [3.8, 4) is 5.75 Å². The Morgan fingerprint density at radius 2 is 1.90 bits per heavy atom. The van der Waals surface area contributed by atoms with Crippen molar-refractivity contribution in [3.63, 3.8) is 0 Å². The molecule has 3 rings (SSSR count). The van der Waals surface area contributed by atoms with Crippen molar-refractivity contribution in [3.05, 3.63) is 62.2 Å². The summed E-state index contributed by atoms with van der Waals surface area (Å²) in [6, 6.07) is 13.8. The van der Waals surface area contributed by atoms with Crippen LogP contribution in [0.3, 0.4) is 0 Å². The molecule has 1 aliphatic rings. The Hall–Kier alpha value is -0.780. The fraction of sp³-hybridized carbons (Fsp3) is 0.250. The maximum atomic E-state index is 6.33. The van der Waals surface area contributed by atoms with E-state index in [1.165, 1.54) is 0 Å². The van der Waals surface area contributed by atoms with Gasteiger partial charge in [0, 0.05) is 3.57 Å². The second-order valence-corrected chi connectivity index (χ2v) is 6.61. The van der Waals surface area contributed by atoms with Crippen molar-refractivity contribution in [2.75, 3.05) is 0 Å².